The van der Waals surface area contributed by atoms with Crippen molar-refractivity contribution in [3.05, 3.63) is 54.1 Å². The zero-order valence-corrected chi connectivity index (χ0v) is 18.8. The number of likely N-dealkylation sites (tertiary alicyclic amines) is 1. The smallest absolute Gasteiger partial charge is 0.168 e. The van der Waals surface area contributed by atoms with Crippen molar-refractivity contribution in [2.24, 2.45) is 0 Å². The Morgan fingerprint density at radius 2 is 1.97 bits per heavy atom. The summed E-state index contributed by atoms with van der Waals surface area (Å²) in [6.07, 6.45) is 9.42. The van der Waals surface area contributed by atoms with Crippen LogP contribution in [0.1, 0.15) is 43.0 Å². The van der Waals surface area contributed by atoms with E-state index in [0.29, 0.717) is 25.9 Å². The third-order valence-corrected chi connectivity index (χ3v) is 5.97. The molecule has 0 bridgehead atoms. The maximum Gasteiger partial charge on any atom is 0.168 e. The summed E-state index contributed by atoms with van der Waals surface area (Å²) in [6, 6.07) is 10.7. The quantitative estimate of drug-likeness (QED) is 0.434. The summed E-state index contributed by atoms with van der Waals surface area (Å²) >= 11 is 5.63. The number of aryl methyl sites for hydroxylation is 1. The minimum atomic E-state index is 0.455. The molecule has 0 aliphatic carbocycles. The van der Waals surface area contributed by atoms with Crippen LogP contribution in [-0.2, 0) is 22.6 Å². The van der Waals surface area contributed by atoms with E-state index in [4.69, 9.17) is 21.7 Å². The van der Waals surface area contributed by atoms with Gasteiger partial charge in [0.1, 0.15) is 12.6 Å². The number of hydrogen-bond acceptors (Lipinski definition) is 4. The Bertz CT molecular complexity index is 745. The molecule has 1 aromatic carbocycles. The zero-order valence-electron chi connectivity index (χ0n) is 18.0. The van der Waals surface area contributed by atoms with Crippen LogP contribution >= 0.6 is 12.2 Å². The van der Waals surface area contributed by atoms with Gasteiger partial charge in [0.2, 0.25) is 0 Å². The summed E-state index contributed by atoms with van der Waals surface area (Å²) in [7, 11) is 1.68. The van der Waals surface area contributed by atoms with Crippen molar-refractivity contribution in [1.82, 2.24) is 19.8 Å². The van der Waals surface area contributed by atoms with Crippen LogP contribution in [0.5, 0.6) is 0 Å². The molecular weight excluding hydrogens is 396 g/mol. The maximum absolute atomic E-state index is 5.66. The number of methoxy groups -OCH3 is 1. The number of benzene rings is 1. The molecular formula is C23H34N4O2S. The van der Waals surface area contributed by atoms with E-state index < -0.39 is 0 Å². The monoisotopic (exact) mass is 430 g/mol. The van der Waals surface area contributed by atoms with Crippen LogP contribution in [0.4, 0.5) is 0 Å². The minimum Gasteiger partial charge on any atom is -0.382 e. The molecule has 30 heavy (non-hydrogen) atoms. The second kappa shape index (κ2) is 12.7. The number of hydrogen-bond donors (Lipinski definition) is 1. The fourth-order valence-corrected chi connectivity index (χ4v) is 4.13. The normalized spacial score (nSPS) is 14.8. The summed E-state index contributed by atoms with van der Waals surface area (Å²) in [5.74, 6) is 1.57. The molecule has 6 nitrogen and oxygen atoms in total. The van der Waals surface area contributed by atoms with Gasteiger partial charge in [-0.1, -0.05) is 30.3 Å². The number of unbranched alkanes of at least 4 members (excludes halogenated alkanes) is 1. The van der Waals surface area contributed by atoms with Crippen molar-refractivity contribution < 1.29 is 9.47 Å². The number of imidazole rings is 1. The highest BCUT2D eigenvalue weighted by Crippen LogP contribution is 2.27. The summed E-state index contributed by atoms with van der Waals surface area (Å²) in [5, 5.41) is 4.33. The van der Waals surface area contributed by atoms with E-state index in [1.165, 1.54) is 12.0 Å². The number of aromatic nitrogens is 2. The predicted molar refractivity (Wildman–Crippen MR) is 124 cm³/mol. The maximum atomic E-state index is 5.66. The lowest BCUT2D eigenvalue weighted by Gasteiger charge is -2.33. The molecule has 0 spiro atoms. The van der Waals surface area contributed by atoms with Gasteiger partial charge in [-0.15, -0.1) is 0 Å². The van der Waals surface area contributed by atoms with Crippen molar-refractivity contribution in [1.29, 1.82) is 0 Å². The molecule has 0 radical (unpaired) electrons. The molecule has 2 heterocycles. The molecule has 1 aromatic heterocycles. The second-order valence-corrected chi connectivity index (χ2v) is 8.11. The lowest BCUT2D eigenvalue weighted by atomic mass is 9.96. The number of thiocarbonyl (C=S) groups is 1. The van der Waals surface area contributed by atoms with Crippen LogP contribution in [0.15, 0.2) is 42.7 Å². The first-order chi connectivity index (χ1) is 14.8. The van der Waals surface area contributed by atoms with Crippen LogP contribution in [0.2, 0.25) is 0 Å². The van der Waals surface area contributed by atoms with Crippen LogP contribution in [0.3, 0.4) is 0 Å². The fourth-order valence-electron chi connectivity index (χ4n) is 3.84. The van der Waals surface area contributed by atoms with Gasteiger partial charge in [-0.25, -0.2) is 4.98 Å². The van der Waals surface area contributed by atoms with Gasteiger partial charge < -0.3 is 24.3 Å². The molecule has 1 N–H and O–H groups in total. The standard InChI is InChI=1S/C23H34N4O2S/c1-28-17-18-29-19-27-16-13-24-22(27)21-10-14-26(15-11-21)23(30)25-12-6-5-9-20-7-3-2-4-8-20/h2-4,7-8,13,16,21H,5-6,9-12,14-15,17-19H2,1H3,(H,25,30). The Morgan fingerprint density at radius 1 is 1.17 bits per heavy atom. The Balaban J connectivity index is 1.33. The molecule has 7 heteroatoms. The van der Waals surface area contributed by atoms with Crippen molar-refractivity contribution in [2.45, 2.75) is 44.8 Å². The SMILES string of the molecule is COCCOCn1ccnc1C1CCN(C(=S)NCCCCc2ccccc2)CC1. The predicted octanol–water partition coefficient (Wildman–Crippen LogP) is 3.58. The molecule has 2 aromatic rings. The molecule has 164 valence electrons. The Morgan fingerprint density at radius 3 is 2.73 bits per heavy atom. The van der Waals surface area contributed by atoms with Gasteiger partial charge in [0.05, 0.1) is 13.2 Å². The van der Waals surface area contributed by atoms with Crippen LogP contribution in [0, 0.1) is 0 Å². The fraction of sp³-hybridized carbons (Fsp3) is 0.565. The van der Waals surface area contributed by atoms with Gasteiger partial charge in [0.25, 0.3) is 0 Å². The minimum absolute atomic E-state index is 0.455. The first-order valence-corrected chi connectivity index (χ1v) is 11.3. The average molecular weight is 431 g/mol. The number of nitrogens with one attached hydrogen (secondary N) is 1. The van der Waals surface area contributed by atoms with Crippen LogP contribution < -0.4 is 5.32 Å². The highest BCUT2D eigenvalue weighted by atomic mass is 32.1. The highest BCUT2D eigenvalue weighted by molar-refractivity contribution is 7.80. The largest absolute Gasteiger partial charge is 0.382 e. The van der Waals surface area contributed by atoms with Crippen molar-refractivity contribution in [3.63, 3.8) is 0 Å². The van der Waals surface area contributed by atoms with E-state index in [1.54, 1.807) is 7.11 Å². The van der Waals surface area contributed by atoms with E-state index >= 15 is 0 Å². The first-order valence-electron chi connectivity index (χ1n) is 10.9. The van der Waals surface area contributed by atoms with E-state index in [2.05, 4.69) is 50.1 Å². The Hall–Kier alpha value is -1.96. The lowest BCUT2D eigenvalue weighted by Crippen LogP contribution is -2.44. The van der Waals surface area contributed by atoms with E-state index in [0.717, 1.165) is 56.3 Å². The first kappa shape index (κ1) is 22.7. The van der Waals surface area contributed by atoms with Crippen LogP contribution in [-0.4, -0.2) is 59.5 Å². The van der Waals surface area contributed by atoms with Gasteiger partial charge in [0.15, 0.2) is 5.11 Å². The summed E-state index contributed by atoms with van der Waals surface area (Å²) in [5.41, 5.74) is 1.41. The second-order valence-electron chi connectivity index (χ2n) is 7.72. The number of nitrogens with zero attached hydrogens (tertiary/aromatic N) is 3. The topological polar surface area (TPSA) is 51.6 Å². The van der Waals surface area contributed by atoms with Gasteiger partial charge >= 0.3 is 0 Å². The summed E-state index contributed by atoms with van der Waals surface area (Å²) in [6.45, 7) is 4.61. The Labute approximate surface area is 185 Å². The third-order valence-electron chi connectivity index (χ3n) is 5.57. The molecule has 1 aliphatic rings. The number of rotatable bonds is 11. The molecule has 0 saturated carbocycles. The van der Waals surface area contributed by atoms with Gasteiger partial charge in [0, 0.05) is 45.1 Å². The molecule has 1 fully saturated rings. The van der Waals surface area contributed by atoms with Gasteiger partial charge in [-0.2, -0.15) is 0 Å². The van der Waals surface area contributed by atoms with E-state index in [1.807, 2.05) is 12.4 Å². The molecule has 0 amide bonds. The van der Waals surface area contributed by atoms with Gasteiger partial charge in [-0.3, -0.25) is 0 Å². The summed E-state index contributed by atoms with van der Waals surface area (Å²) < 4.78 is 12.8. The van der Waals surface area contributed by atoms with Crippen molar-refractivity contribution in [2.75, 3.05) is 40.0 Å². The average Bonchev–Trinajstić information content (AvgIpc) is 3.26. The third kappa shape index (κ3) is 7.07. The zero-order chi connectivity index (χ0) is 21.0. The molecule has 0 atom stereocenters. The molecule has 1 saturated heterocycles. The number of piperidine rings is 1. The highest BCUT2D eigenvalue weighted by Gasteiger charge is 2.25. The molecule has 3 rings (SSSR count). The Kier molecular flexibility index (Phi) is 9.60. The van der Waals surface area contributed by atoms with E-state index in [9.17, 15) is 0 Å². The van der Waals surface area contributed by atoms with Crippen molar-refractivity contribution >= 4 is 17.3 Å². The van der Waals surface area contributed by atoms with Crippen molar-refractivity contribution in [3.8, 4) is 0 Å². The molecule has 0 unspecified atom stereocenters. The lowest BCUT2D eigenvalue weighted by molar-refractivity contribution is 0.0321. The van der Waals surface area contributed by atoms with Crippen LogP contribution in [0.25, 0.3) is 0 Å². The van der Waals surface area contributed by atoms with E-state index in [-0.39, 0.29) is 0 Å². The summed E-state index contributed by atoms with van der Waals surface area (Å²) in [4.78, 5) is 6.89. The van der Waals surface area contributed by atoms with Gasteiger partial charge in [-0.05, 0) is 49.9 Å². The number of ether oxygens (including phenoxy) is 2. The molecule has 1 aliphatic heterocycles.